The molecule has 0 bridgehead atoms. The number of hydrogen-bond acceptors (Lipinski definition) is 5. The van der Waals surface area contributed by atoms with Crippen LogP contribution in [0.5, 0.6) is 0 Å². The van der Waals surface area contributed by atoms with E-state index in [1.807, 2.05) is 31.2 Å². The number of para-hydroxylation sites is 1. The van der Waals surface area contributed by atoms with E-state index in [4.69, 9.17) is 5.73 Å². The molecule has 0 aliphatic carbocycles. The lowest BCUT2D eigenvalue weighted by Gasteiger charge is -2.17. The fraction of sp³-hybridized carbons (Fsp3) is 0.308. The van der Waals surface area contributed by atoms with E-state index in [1.165, 1.54) is 6.20 Å². The standard InChI is InChI=1S/C13H16N4O2/c1-2-9(7-14)16-13-10-5-3-4-6-11(10)15-8-12(13)17(18)19/h3-6,8-9H,2,7,14H2,1H3,(H,15,16). The van der Waals surface area contributed by atoms with E-state index < -0.39 is 4.92 Å². The number of benzene rings is 1. The number of nitrogens with one attached hydrogen (secondary N) is 1. The van der Waals surface area contributed by atoms with Gasteiger partial charge in [0.2, 0.25) is 0 Å². The van der Waals surface area contributed by atoms with Crippen LogP contribution in [-0.4, -0.2) is 22.5 Å². The Kier molecular flexibility index (Phi) is 3.91. The van der Waals surface area contributed by atoms with E-state index in [2.05, 4.69) is 10.3 Å². The van der Waals surface area contributed by atoms with Gasteiger partial charge in [0.05, 0.1) is 10.4 Å². The monoisotopic (exact) mass is 260 g/mol. The van der Waals surface area contributed by atoms with Gasteiger partial charge in [-0.2, -0.15) is 0 Å². The van der Waals surface area contributed by atoms with Crippen molar-refractivity contribution in [1.82, 2.24) is 4.98 Å². The Bertz CT molecular complexity index is 596. The summed E-state index contributed by atoms with van der Waals surface area (Å²) in [6, 6.07) is 7.34. The fourth-order valence-corrected chi connectivity index (χ4v) is 1.95. The molecule has 1 aromatic carbocycles. The minimum atomic E-state index is -0.426. The van der Waals surface area contributed by atoms with Gasteiger partial charge in [0, 0.05) is 18.0 Å². The lowest BCUT2D eigenvalue weighted by Crippen LogP contribution is -2.28. The summed E-state index contributed by atoms with van der Waals surface area (Å²) >= 11 is 0. The Morgan fingerprint density at radius 2 is 2.21 bits per heavy atom. The molecule has 0 saturated heterocycles. The molecule has 6 heteroatoms. The molecule has 2 rings (SSSR count). The molecule has 0 spiro atoms. The summed E-state index contributed by atoms with van der Waals surface area (Å²) < 4.78 is 0. The van der Waals surface area contributed by atoms with E-state index in [0.29, 0.717) is 12.2 Å². The lowest BCUT2D eigenvalue weighted by atomic mass is 10.1. The average Bonchev–Trinajstić information content (AvgIpc) is 2.44. The molecule has 1 heterocycles. The number of fused-ring (bicyclic) bond motifs is 1. The van der Waals surface area contributed by atoms with Crippen LogP contribution < -0.4 is 11.1 Å². The maximum absolute atomic E-state index is 11.1. The largest absolute Gasteiger partial charge is 0.375 e. The van der Waals surface area contributed by atoms with Crippen LogP contribution in [0.1, 0.15) is 13.3 Å². The van der Waals surface area contributed by atoms with Crippen molar-refractivity contribution in [3.05, 3.63) is 40.6 Å². The zero-order valence-electron chi connectivity index (χ0n) is 10.7. The van der Waals surface area contributed by atoms with Crippen LogP contribution in [0.15, 0.2) is 30.5 Å². The molecule has 1 unspecified atom stereocenters. The van der Waals surface area contributed by atoms with Crippen LogP contribution in [0, 0.1) is 10.1 Å². The van der Waals surface area contributed by atoms with Crippen molar-refractivity contribution in [1.29, 1.82) is 0 Å². The third-order valence-electron chi connectivity index (χ3n) is 3.08. The molecule has 1 atom stereocenters. The molecule has 6 nitrogen and oxygen atoms in total. The minimum Gasteiger partial charge on any atom is -0.375 e. The number of anilines is 1. The van der Waals surface area contributed by atoms with Gasteiger partial charge in [0.25, 0.3) is 0 Å². The second-order valence-electron chi connectivity index (χ2n) is 4.28. The van der Waals surface area contributed by atoms with Crippen molar-refractivity contribution in [2.45, 2.75) is 19.4 Å². The fourth-order valence-electron chi connectivity index (χ4n) is 1.95. The molecule has 19 heavy (non-hydrogen) atoms. The van der Waals surface area contributed by atoms with Crippen LogP contribution >= 0.6 is 0 Å². The first kappa shape index (κ1) is 13.2. The number of nitrogens with two attached hydrogens (primary N) is 1. The van der Waals surface area contributed by atoms with Gasteiger partial charge < -0.3 is 11.1 Å². The van der Waals surface area contributed by atoms with Crippen LogP contribution in [-0.2, 0) is 0 Å². The topological polar surface area (TPSA) is 94.1 Å². The van der Waals surface area contributed by atoms with Gasteiger partial charge >= 0.3 is 5.69 Å². The Labute approximate surface area is 110 Å². The number of aromatic nitrogens is 1. The minimum absolute atomic E-state index is 0.00417. The van der Waals surface area contributed by atoms with Crippen LogP contribution in [0.4, 0.5) is 11.4 Å². The summed E-state index contributed by atoms with van der Waals surface area (Å²) in [6.45, 7) is 2.41. The molecule has 3 N–H and O–H groups in total. The van der Waals surface area contributed by atoms with Gasteiger partial charge in [-0.1, -0.05) is 25.1 Å². The Morgan fingerprint density at radius 3 is 2.84 bits per heavy atom. The summed E-state index contributed by atoms with van der Waals surface area (Å²) in [6.07, 6.45) is 2.08. The normalized spacial score (nSPS) is 12.3. The smallest absolute Gasteiger partial charge is 0.311 e. The highest BCUT2D eigenvalue weighted by atomic mass is 16.6. The maximum atomic E-state index is 11.1. The molecular weight excluding hydrogens is 244 g/mol. The first-order valence-electron chi connectivity index (χ1n) is 6.16. The summed E-state index contributed by atoms with van der Waals surface area (Å²) in [5, 5.41) is 15.0. The number of pyridine rings is 1. The van der Waals surface area contributed by atoms with Gasteiger partial charge in [0.15, 0.2) is 0 Å². The summed E-state index contributed by atoms with van der Waals surface area (Å²) in [5.74, 6) is 0. The molecule has 0 fully saturated rings. The Balaban J connectivity index is 2.58. The highest BCUT2D eigenvalue weighted by Gasteiger charge is 2.19. The van der Waals surface area contributed by atoms with Crippen LogP contribution in [0.3, 0.4) is 0 Å². The predicted octanol–water partition coefficient (Wildman–Crippen LogP) is 2.29. The van der Waals surface area contributed by atoms with Gasteiger partial charge in [-0.25, -0.2) is 4.98 Å². The SMILES string of the molecule is CCC(CN)Nc1c([N+](=O)[O-])cnc2ccccc12. The second-order valence-corrected chi connectivity index (χ2v) is 4.28. The van der Waals surface area contributed by atoms with E-state index in [0.717, 1.165) is 17.3 Å². The van der Waals surface area contributed by atoms with Crippen molar-refractivity contribution >= 4 is 22.3 Å². The summed E-state index contributed by atoms with van der Waals surface area (Å²) in [7, 11) is 0. The third kappa shape index (κ3) is 2.63. The first-order chi connectivity index (χ1) is 9.17. The highest BCUT2D eigenvalue weighted by molar-refractivity contribution is 5.95. The number of nitrogens with zero attached hydrogens (tertiary/aromatic N) is 2. The van der Waals surface area contributed by atoms with Gasteiger partial charge in [-0.3, -0.25) is 10.1 Å². The zero-order valence-corrected chi connectivity index (χ0v) is 10.7. The third-order valence-corrected chi connectivity index (χ3v) is 3.08. The van der Waals surface area contributed by atoms with E-state index >= 15 is 0 Å². The molecule has 0 saturated carbocycles. The van der Waals surface area contributed by atoms with Crippen molar-refractivity contribution in [2.24, 2.45) is 5.73 Å². The molecule has 0 radical (unpaired) electrons. The number of rotatable bonds is 5. The molecule has 100 valence electrons. The van der Waals surface area contributed by atoms with Crippen molar-refractivity contribution < 1.29 is 4.92 Å². The van der Waals surface area contributed by atoms with E-state index in [9.17, 15) is 10.1 Å². The summed E-state index contributed by atoms with van der Waals surface area (Å²) in [4.78, 5) is 14.8. The number of nitro groups is 1. The quantitative estimate of drug-likeness (QED) is 0.635. The lowest BCUT2D eigenvalue weighted by molar-refractivity contribution is -0.384. The van der Waals surface area contributed by atoms with Crippen molar-refractivity contribution in [2.75, 3.05) is 11.9 Å². The molecule has 0 aliphatic rings. The molecule has 0 amide bonds. The van der Waals surface area contributed by atoms with Gasteiger partial charge in [0.1, 0.15) is 11.9 Å². The number of hydrogen-bond donors (Lipinski definition) is 2. The van der Waals surface area contributed by atoms with Crippen molar-refractivity contribution in [3.8, 4) is 0 Å². The van der Waals surface area contributed by atoms with Gasteiger partial charge in [-0.05, 0) is 12.5 Å². The Morgan fingerprint density at radius 1 is 1.47 bits per heavy atom. The predicted molar refractivity (Wildman–Crippen MR) is 75.2 cm³/mol. The molecule has 1 aromatic heterocycles. The zero-order chi connectivity index (χ0) is 13.8. The Hall–Kier alpha value is -2.21. The summed E-state index contributed by atoms with van der Waals surface area (Å²) in [5.41, 5.74) is 6.85. The van der Waals surface area contributed by atoms with Crippen LogP contribution in [0.2, 0.25) is 0 Å². The van der Waals surface area contributed by atoms with E-state index in [-0.39, 0.29) is 11.7 Å². The van der Waals surface area contributed by atoms with E-state index in [1.54, 1.807) is 0 Å². The first-order valence-corrected chi connectivity index (χ1v) is 6.16. The molecule has 2 aromatic rings. The average molecular weight is 260 g/mol. The molecular formula is C13H16N4O2. The van der Waals surface area contributed by atoms with Gasteiger partial charge in [-0.15, -0.1) is 0 Å². The van der Waals surface area contributed by atoms with Crippen LogP contribution in [0.25, 0.3) is 10.9 Å². The maximum Gasteiger partial charge on any atom is 0.311 e. The highest BCUT2D eigenvalue weighted by Crippen LogP contribution is 2.31. The van der Waals surface area contributed by atoms with Crippen molar-refractivity contribution in [3.63, 3.8) is 0 Å². The molecule has 0 aliphatic heterocycles. The second kappa shape index (κ2) is 5.62.